The van der Waals surface area contributed by atoms with Crippen LogP contribution in [0.25, 0.3) is 0 Å². The molecule has 0 saturated carbocycles. The molecule has 0 spiro atoms. The van der Waals surface area contributed by atoms with Crippen LogP contribution in [0, 0.1) is 0 Å². The molecule has 0 atom stereocenters. The molecule has 1 aliphatic heterocycles. The summed E-state index contributed by atoms with van der Waals surface area (Å²) in [4.78, 5) is 12.3. The van der Waals surface area contributed by atoms with Crippen molar-refractivity contribution in [2.24, 2.45) is 0 Å². The molecule has 0 amide bonds. The summed E-state index contributed by atoms with van der Waals surface area (Å²) in [6.07, 6.45) is 1.92. The lowest BCUT2D eigenvalue weighted by Crippen LogP contribution is -2.13. The van der Waals surface area contributed by atoms with Gasteiger partial charge in [0.05, 0.1) is 12.2 Å². The highest BCUT2D eigenvalue weighted by molar-refractivity contribution is 6.29. The van der Waals surface area contributed by atoms with Crippen molar-refractivity contribution in [1.82, 2.24) is 0 Å². The fraction of sp³-hybridized carbons (Fsp3) is 0.214. The zero-order valence-electron chi connectivity index (χ0n) is 9.61. The van der Waals surface area contributed by atoms with Gasteiger partial charge in [0.1, 0.15) is 5.75 Å². The quantitative estimate of drug-likeness (QED) is 0.778. The standard InChI is InChI=1S/C14H11ClO3/c15-12-7-6-11(18-12)13(16)10-5-1-3-9-4-2-8-17-14(9)10/h1,3,5-7H,2,4,8H2. The van der Waals surface area contributed by atoms with Crippen LogP contribution < -0.4 is 4.74 Å². The summed E-state index contributed by atoms with van der Waals surface area (Å²) < 4.78 is 10.8. The molecule has 0 saturated heterocycles. The topological polar surface area (TPSA) is 39.4 Å². The van der Waals surface area contributed by atoms with Gasteiger partial charge in [0.2, 0.25) is 5.78 Å². The number of hydrogen-bond acceptors (Lipinski definition) is 3. The Morgan fingerprint density at radius 3 is 2.89 bits per heavy atom. The molecule has 1 aliphatic rings. The van der Waals surface area contributed by atoms with E-state index in [1.807, 2.05) is 12.1 Å². The molecule has 2 heterocycles. The zero-order valence-corrected chi connectivity index (χ0v) is 10.4. The van der Waals surface area contributed by atoms with Crippen molar-refractivity contribution >= 4 is 17.4 Å². The molecule has 92 valence electrons. The molecular weight excluding hydrogens is 252 g/mol. The molecule has 0 aliphatic carbocycles. The molecule has 18 heavy (non-hydrogen) atoms. The van der Waals surface area contributed by atoms with E-state index in [1.54, 1.807) is 18.2 Å². The molecule has 0 N–H and O–H groups in total. The average Bonchev–Trinajstić information content (AvgIpc) is 2.84. The van der Waals surface area contributed by atoms with Crippen LogP contribution in [-0.4, -0.2) is 12.4 Å². The van der Waals surface area contributed by atoms with Gasteiger partial charge in [0.15, 0.2) is 11.0 Å². The first kappa shape index (κ1) is 11.4. The first-order valence-electron chi connectivity index (χ1n) is 5.80. The molecular formula is C14H11ClO3. The Bertz CT molecular complexity index is 601. The molecule has 0 bridgehead atoms. The zero-order chi connectivity index (χ0) is 12.5. The van der Waals surface area contributed by atoms with E-state index in [2.05, 4.69) is 0 Å². The summed E-state index contributed by atoms with van der Waals surface area (Å²) in [6, 6.07) is 8.74. The van der Waals surface area contributed by atoms with Crippen LogP contribution in [0.15, 0.2) is 34.7 Å². The third-order valence-corrected chi connectivity index (χ3v) is 3.18. The minimum absolute atomic E-state index is 0.194. The number of carbonyl (C=O) groups is 1. The summed E-state index contributed by atoms with van der Waals surface area (Å²) >= 11 is 5.69. The minimum atomic E-state index is -0.194. The van der Waals surface area contributed by atoms with E-state index in [1.165, 1.54) is 0 Å². The van der Waals surface area contributed by atoms with E-state index in [4.69, 9.17) is 20.8 Å². The number of rotatable bonds is 2. The van der Waals surface area contributed by atoms with E-state index < -0.39 is 0 Å². The number of aryl methyl sites for hydroxylation is 1. The van der Waals surface area contributed by atoms with Crippen LogP contribution in [-0.2, 0) is 6.42 Å². The number of halogens is 1. The van der Waals surface area contributed by atoms with Gasteiger partial charge in [-0.3, -0.25) is 4.79 Å². The van der Waals surface area contributed by atoms with Crippen LogP contribution in [0.4, 0.5) is 0 Å². The molecule has 0 unspecified atom stereocenters. The van der Waals surface area contributed by atoms with Crippen LogP contribution in [0.1, 0.15) is 28.1 Å². The molecule has 3 nitrogen and oxygen atoms in total. The molecule has 3 rings (SSSR count). The Hall–Kier alpha value is -1.74. The van der Waals surface area contributed by atoms with Gasteiger partial charge in [-0.15, -0.1) is 0 Å². The maximum Gasteiger partial charge on any atom is 0.231 e. The predicted octanol–water partition coefficient (Wildman–Crippen LogP) is 3.49. The highest BCUT2D eigenvalue weighted by Crippen LogP contribution is 2.31. The summed E-state index contributed by atoms with van der Waals surface area (Å²) in [5.74, 6) is 0.726. The summed E-state index contributed by atoms with van der Waals surface area (Å²) in [5, 5.41) is 0.212. The monoisotopic (exact) mass is 262 g/mol. The highest BCUT2D eigenvalue weighted by atomic mass is 35.5. The van der Waals surface area contributed by atoms with E-state index in [0.717, 1.165) is 18.4 Å². The molecule has 1 aromatic heterocycles. The SMILES string of the molecule is O=C(c1ccc(Cl)o1)c1cccc2c1OCCC2. The first-order chi connectivity index (χ1) is 8.75. The van der Waals surface area contributed by atoms with Gasteiger partial charge in [0.25, 0.3) is 0 Å². The lowest BCUT2D eigenvalue weighted by molar-refractivity contribution is 0.100. The Morgan fingerprint density at radius 1 is 1.22 bits per heavy atom. The second-order valence-corrected chi connectivity index (χ2v) is 4.55. The van der Waals surface area contributed by atoms with Crippen LogP contribution >= 0.6 is 11.6 Å². The second kappa shape index (κ2) is 4.50. The van der Waals surface area contributed by atoms with Gasteiger partial charge < -0.3 is 9.15 Å². The van der Waals surface area contributed by atoms with Gasteiger partial charge in [-0.1, -0.05) is 12.1 Å². The summed E-state index contributed by atoms with van der Waals surface area (Å²) in [7, 11) is 0. The first-order valence-corrected chi connectivity index (χ1v) is 6.18. The van der Waals surface area contributed by atoms with Crippen molar-refractivity contribution in [3.05, 3.63) is 52.4 Å². The van der Waals surface area contributed by atoms with Crippen LogP contribution in [0.2, 0.25) is 5.22 Å². The van der Waals surface area contributed by atoms with Crippen LogP contribution in [0.5, 0.6) is 5.75 Å². The fourth-order valence-corrected chi connectivity index (χ4v) is 2.28. The lowest BCUT2D eigenvalue weighted by atomic mass is 9.99. The van der Waals surface area contributed by atoms with Crippen molar-refractivity contribution in [1.29, 1.82) is 0 Å². The maximum atomic E-state index is 12.3. The number of furan rings is 1. The number of carbonyl (C=O) groups excluding carboxylic acids is 1. The van der Waals surface area contributed by atoms with Crippen molar-refractivity contribution in [3.8, 4) is 5.75 Å². The number of fused-ring (bicyclic) bond motifs is 1. The fourth-order valence-electron chi connectivity index (χ4n) is 2.14. The minimum Gasteiger partial charge on any atom is -0.493 e. The van der Waals surface area contributed by atoms with Gasteiger partial charge in [-0.05, 0) is 48.2 Å². The van der Waals surface area contributed by atoms with E-state index in [9.17, 15) is 4.79 Å². The average molecular weight is 263 g/mol. The van der Waals surface area contributed by atoms with Gasteiger partial charge in [-0.2, -0.15) is 0 Å². The van der Waals surface area contributed by atoms with E-state index in [-0.39, 0.29) is 16.8 Å². The Balaban J connectivity index is 2.04. The third-order valence-electron chi connectivity index (χ3n) is 2.98. The van der Waals surface area contributed by atoms with Crippen molar-refractivity contribution < 1.29 is 13.9 Å². The van der Waals surface area contributed by atoms with Crippen molar-refractivity contribution in [2.45, 2.75) is 12.8 Å². The largest absolute Gasteiger partial charge is 0.493 e. The Labute approximate surface area is 109 Å². The number of para-hydroxylation sites is 1. The smallest absolute Gasteiger partial charge is 0.231 e. The second-order valence-electron chi connectivity index (χ2n) is 4.18. The highest BCUT2D eigenvalue weighted by Gasteiger charge is 2.22. The number of benzene rings is 1. The molecule has 1 aromatic carbocycles. The van der Waals surface area contributed by atoms with Crippen LogP contribution in [0.3, 0.4) is 0 Å². The Morgan fingerprint density at radius 2 is 2.11 bits per heavy atom. The van der Waals surface area contributed by atoms with Gasteiger partial charge >= 0.3 is 0 Å². The van der Waals surface area contributed by atoms with Gasteiger partial charge in [0, 0.05) is 0 Å². The third kappa shape index (κ3) is 1.91. The summed E-state index contributed by atoms with van der Waals surface area (Å²) in [5.41, 5.74) is 1.61. The lowest BCUT2D eigenvalue weighted by Gasteiger charge is -2.19. The predicted molar refractivity (Wildman–Crippen MR) is 67.4 cm³/mol. The normalized spacial score (nSPS) is 13.8. The number of ether oxygens (including phenoxy) is 1. The van der Waals surface area contributed by atoms with Gasteiger partial charge in [-0.25, -0.2) is 0 Å². The number of hydrogen-bond donors (Lipinski definition) is 0. The molecule has 2 aromatic rings. The number of ketones is 1. The maximum absolute atomic E-state index is 12.3. The van der Waals surface area contributed by atoms with Crippen molar-refractivity contribution in [3.63, 3.8) is 0 Å². The molecule has 4 heteroatoms. The van der Waals surface area contributed by atoms with E-state index >= 15 is 0 Å². The van der Waals surface area contributed by atoms with E-state index in [0.29, 0.717) is 17.9 Å². The summed E-state index contributed by atoms with van der Waals surface area (Å²) in [6.45, 7) is 0.649. The molecule has 0 fully saturated rings. The Kier molecular flexibility index (Phi) is 2.84. The molecule has 0 radical (unpaired) electrons. The van der Waals surface area contributed by atoms with Crippen molar-refractivity contribution in [2.75, 3.05) is 6.61 Å².